The maximum Gasteiger partial charge on any atom is 0.144 e. The number of benzene rings is 1. The van der Waals surface area contributed by atoms with E-state index in [4.69, 9.17) is 5.73 Å². The van der Waals surface area contributed by atoms with Crippen molar-refractivity contribution >= 4 is 11.8 Å². The van der Waals surface area contributed by atoms with Crippen molar-refractivity contribution in [2.45, 2.75) is 24.3 Å². The predicted octanol–water partition coefficient (Wildman–Crippen LogP) is 2.88. The molecule has 0 saturated heterocycles. The molecule has 78 valence electrons. The highest BCUT2D eigenvalue weighted by molar-refractivity contribution is 7.98. The Bertz CT molecular complexity index is 345. The Labute approximate surface area is 86.7 Å². The van der Waals surface area contributed by atoms with Gasteiger partial charge in [0.25, 0.3) is 0 Å². The van der Waals surface area contributed by atoms with E-state index in [1.54, 1.807) is 20.1 Å². The lowest BCUT2D eigenvalue weighted by Crippen LogP contribution is -2.30. The van der Waals surface area contributed by atoms with Crippen molar-refractivity contribution < 1.29 is 8.78 Å². The molecule has 0 bridgehead atoms. The van der Waals surface area contributed by atoms with Crippen molar-refractivity contribution in [2.24, 2.45) is 5.73 Å². The van der Waals surface area contributed by atoms with Crippen LogP contribution in [-0.4, -0.2) is 6.26 Å². The summed E-state index contributed by atoms with van der Waals surface area (Å²) in [6.07, 6.45) is 1.63. The van der Waals surface area contributed by atoms with E-state index in [2.05, 4.69) is 0 Å². The van der Waals surface area contributed by atoms with Gasteiger partial charge >= 0.3 is 0 Å². The summed E-state index contributed by atoms with van der Waals surface area (Å²) in [6.45, 7) is 3.38. The molecule has 0 atom stereocenters. The lowest BCUT2D eigenvalue weighted by Gasteiger charge is -2.21. The van der Waals surface area contributed by atoms with Gasteiger partial charge in [0.1, 0.15) is 11.6 Å². The lowest BCUT2D eigenvalue weighted by atomic mass is 9.95. The van der Waals surface area contributed by atoms with Crippen LogP contribution in [0, 0.1) is 11.6 Å². The fourth-order valence-corrected chi connectivity index (χ4v) is 1.77. The molecule has 14 heavy (non-hydrogen) atoms. The smallest absolute Gasteiger partial charge is 0.144 e. The van der Waals surface area contributed by atoms with E-state index in [1.807, 2.05) is 0 Å². The monoisotopic (exact) mass is 217 g/mol. The zero-order chi connectivity index (χ0) is 10.9. The standard InChI is InChI=1S/C10H13F2NS/c1-10(2,13)6-4-5-7(11)9(14-3)8(6)12/h4-5H,13H2,1-3H3. The second-order valence-electron chi connectivity index (χ2n) is 3.66. The summed E-state index contributed by atoms with van der Waals surface area (Å²) in [6, 6.07) is 2.64. The van der Waals surface area contributed by atoms with Gasteiger partial charge in [-0.2, -0.15) is 0 Å². The van der Waals surface area contributed by atoms with Crippen LogP contribution in [0.1, 0.15) is 19.4 Å². The van der Waals surface area contributed by atoms with Crippen LogP contribution in [0.5, 0.6) is 0 Å². The van der Waals surface area contributed by atoms with Crippen molar-refractivity contribution in [3.63, 3.8) is 0 Å². The molecule has 0 aliphatic carbocycles. The topological polar surface area (TPSA) is 26.0 Å². The SMILES string of the molecule is CSc1c(F)ccc(C(C)(C)N)c1F. The van der Waals surface area contributed by atoms with Crippen LogP contribution in [0.4, 0.5) is 8.78 Å². The molecule has 0 unspecified atom stereocenters. The summed E-state index contributed by atoms with van der Waals surface area (Å²) < 4.78 is 26.8. The molecule has 0 aliphatic heterocycles. The van der Waals surface area contributed by atoms with E-state index in [9.17, 15) is 8.78 Å². The molecule has 2 N–H and O–H groups in total. The number of halogens is 2. The van der Waals surface area contributed by atoms with Crippen molar-refractivity contribution in [1.29, 1.82) is 0 Å². The molecule has 0 aromatic heterocycles. The van der Waals surface area contributed by atoms with Crippen LogP contribution < -0.4 is 5.73 Å². The van der Waals surface area contributed by atoms with Crippen LogP contribution >= 0.6 is 11.8 Å². The minimum absolute atomic E-state index is 0.0287. The van der Waals surface area contributed by atoms with E-state index < -0.39 is 17.2 Å². The molecular weight excluding hydrogens is 204 g/mol. The third kappa shape index (κ3) is 2.07. The van der Waals surface area contributed by atoms with Gasteiger partial charge in [0.05, 0.1) is 4.90 Å². The molecule has 0 aliphatic rings. The molecular formula is C10H13F2NS. The van der Waals surface area contributed by atoms with Crippen LogP contribution in [0.3, 0.4) is 0 Å². The maximum atomic E-state index is 13.7. The molecule has 0 spiro atoms. The second kappa shape index (κ2) is 3.87. The Morgan fingerprint density at radius 2 is 1.86 bits per heavy atom. The average molecular weight is 217 g/mol. The van der Waals surface area contributed by atoms with E-state index in [1.165, 1.54) is 12.1 Å². The summed E-state index contributed by atoms with van der Waals surface area (Å²) in [5.41, 5.74) is 5.31. The zero-order valence-corrected chi connectivity index (χ0v) is 9.21. The van der Waals surface area contributed by atoms with Gasteiger partial charge in [-0.25, -0.2) is 8.78 Å². The number of thioether (sulfide) groups is 1. The minimum atomic E-state index is -0.789. The fourth-order valence-electron chi connectivity index (χ4n) is 1.22. The van der Waals surface area contributed by atoms with Crippen LogP contribution in [0.2, 0.25) is 0 Å². The molecule has 1 rings (SSSR count). The molecule has 0 heterocycles. The highest BCUT2D eigenvalue weighted by Crippen LogP contribution is 2.29. The first kappa shape index (κ1) is 11.5. The third-order valence-corrected chi connectivity index (χ3v) is 2.73. The van der Waals surface area contributed by atoms with Gasteiger partial charge in [-0.15, -0.1) is 11.8 Å². The quantitative estimate of drug-likeness (QED) is 0.771. The summed E-state index contributed by atoms with van der Waals surface area (Å²) in [5.74, 6) is -1.09. The van der Waals surface area contributed by atoms with Gasteiger partial charge < -0.3 is 5.73 Å². The van der Waals surface area contributed by atoms with Gasteiger partial charge in [-0.05, 0) is 26.2 Å². The maximum absolute atomic E-state index is 13.7. The Hall–Kier alpha value is -0.610. The minimum Gasteiger partial charge on any atom is -0.322 e. The van der Waals surface area contributed by atoms with Gasteiger partial charge in [0, 0.05) is 11.1 Å². The van der Waals surface area contributed by atoms with Gasteiger partial charge in [0.2, 0.25) is 0 Å². The van der Waals surface area contributed by atoms with Gasteiger partial charge in [-0.1, -0.05) is 6.07 Å². The van der Waals surface area contributed by atoms with Gasteiger partial charge in [-0.3, -0.25) is 0 Å². The molecule has 1 aromatic rings. The average Bonchev–Trinajstić information content (AvgIpc) is 2.02. The third-order valence-electron chi connectivity index (χ3n) is 1.95. The Morgan fingerprint density at radius 3 is 2.29 bits per heavy atom. The van der Waals surface area contributed by atoms with Crippen molar-refractivity contribution in [2.75, 3.05) is 6.26 Å². The lowest BCUT2D eigenvalue weighted by molar-refractivity contribution is 0.473. The number of hydrogen-bond donors (Lipinski definition) is 1. The Morgan fingerprint density at radius 1 is 1.29 bits per heavy atom. The zero-order valence-electron chi connectivity index (χ0n) is 8.40. The van der Waals surface area contributed by atoms with Crippen LogP contribution in [0.15, 0.2) is 17.0 Å². The van der Waals surface area contributed by atoms with Crippen LogP contribution in [0.25, 0.3) is 0 Å². The number of nitrogens with two attached hydrogens (primary N) is 1. The first-order valence-electron chi connectivity index (χ1n) is 4.19. The van der Waals surface area contributed by atoms with E-state index in [0.717, 1.165) is 11.8 Å². The summed E-state index contributed by atoms with van der Waals surface area (Å²) in [5, 5.41) is 0. The highest BCUT2D eigenvalue weighted by atomic mass is 32.2. The van der Waals surface area contributed by atoms with E-state index >= 15 is 0 Å². The molecule has 4 heteroatoms. The van der Waals surface area contributed by atoms with E-state index in [0.29, 0.717) is 5.56 Å². The summed E-state index contributed by atoms with van der Waals surface area (Å²) in [4.78, 5) is 0.0287. The van der Waals surface area contributed by atoms with Crippen molar-refractivity contribution in [1.82, 2.24) is 0 Å². The molecule has 1 nitrogen and oxygen atoms in total. The molecule has 0 radical (unpaired) electrons. The first-order chi connectivity index (χ1) is 6.38. The molecule has 0 saturated carbocycles. The van der Waals surface area contributed by atoms with E-state index in [-0.39, 0.29) is 4.90 Å². The van der Waals surface area contributed by atoms with Crippen LogP contribution in [-0.2, 0) is 5.54 Å². The normalized spacial score (nSPS) is 11.9. The predicted molar refractivity (Wildman–Crippen MR) is 55.4 cm³/mol. The van der Waals surface area contributed by atoms with Crippen molar-refractivity contribution in [3.8, 4) is 0 Å². The summed E-state index contributed by atoms with van der Waals surface area (Å²) in [7, 11) is 0. The summed E-state index contributed by atoms with van der Waals surface area (Å²) >= 11 is 1.05. The number of rotatable bonds is 2. The second-order valence-corrected chi connectivity index (χ2v) is 4.48. The molecule has 1 aromatic carbocycles. The Kier molecular flexibility index (Phi) is 3.17. The number of hydrogen-bond acceptors (Lipinski definition) is 2. The molecule has 0 amide bonds. The van der Waals surface area contributed by atoms with Gasteiger partial charge in [0.15, 0.2) is 0 Å². The largest absolute Gasteiger partial charge is 0.322 e. The fraction of sp³-hybridized carbons (Fsp3) is 0.400. The molecule has 0 fully saturated rings. The first-order valence-corrected chi connectivity index (χ1v) is 5.41. The highest BCUT2D eigenvalue weighted by Gasteiger charge is 2.22. The van der Waals surface area contributed by atoms with Crippen molar-refractivity contribution in [3.05, 3.63) is 29.3 Å². The Balaban J connectivity index is 3.36.